The fourth-order valence-corrected chi connectivity index (χ4v) is 4.20. The van der Waals surface area contributed by atoms with E-state index in [0.29, 0.717) is 43.3 Å². The highest BCUT2D eigenvalue weighted by Gasteiger charge is 2.45. The van der Waals surface area contributed by atoms with E-state index in [0.717, 1.165) is 24.1 Å². The minimum absolute atomic E-state index is 0.00731. The third-order valence-electron chi connectivity index (χ3n) is 5.89. The molecule has 0 N–H and O–H groups in total. The number of rotatable bonds is 5. The van der Waals surface area contributed by atoms with E-state index in [9.17, 15) is 9.59 Å². The Kier molecular flexibility index (Phi) is 5.04. The number of aryl methyl sites for hydroxylation is 1. The van der Waals surface area contributed by atoms with E-state index in [4.69, 9.17) is 14.7 Å². The van der Waals surface area contributed by atoms with Gasteiger partial charge in [-0.05, 0) is 38.8 Å². The van der Waals surface area contributed by atoms with Crippen molar-refractivity contribution in [2.75, 3.05) is 31.7 Å². The summed E-state index contributed by atoms with van der Waals surface area (Å²) in [5.41, 5.74) is 1.63. The second-order valence-corrected chi connectivity index (χ2v) is 7.72. The molecule has 2 aromatic heterocycles. The molecule has 0 aromatic carbocycles. The van der Waals surface area contributed by atoms with Crippen LogP contribution in [0.15, 0.2) is 24.5 Å². The topological polar surface area (TPSA) is 88.5 Å². The minimum atomic E-state index is -0.626. The normalized spacial score (nSPS) is 21.0. The number of likely N-dealkylation sites (tertiary alicyclic amines) is 1. The number of hydrogen-bond acceptors (Lipinski definition) is 6. The predicted molar refractivity (Wildman–Crippen MR) is 107 cm³/mol. The molecule has 29 heavy (non-hydrogen) atoms. The van der Waals surface area contributed by atoms with Crippen molar-refractivity contribution in [1.29, 1.82) is 0 Å². The van der Waals surface area contributed by atoms with Crippen LogP contribution in [0.2, 0.25) is 0 Å². The Morgan fingerprint density at radius 1 is 1.28 bits per heavy atom. The molecule has 0 unspecified atom stereocenters. The number of fused-ring (bicyclic) bond motifs is 1. The summed E-state index contributed by atoms with van der Waals surface area (Å²) in [7, 11) is 1.61. The molecular weight excluding hydrogens is 370 g/mol. The number of pyridine rings is 1. The lowest BCUT2D eigenvalue weighted by Crippen LogP contribution is -2.44. The molecule has 152 valence electrons. The van der Waals surface area contributed by atoms with Gasteiger partial charge in [-0.3, -0.25) is 19.5 Å². The lowest BCUT2D eigenvalue weighted by atomic mass is 9.96. The molecule has 1 atom stereocenters. The summed E-state index contributed by atoms with van der Waals surface area (Å²) < 4.78 is 5.15. The maximum atomic E-state index is 13.2. The Hall–Kier alpha value is -2.87. The monoisotopic (exact) mass is 395 g/mol. The van der Waals surface area contributed by atoms with Crippen LogP contribution in [0.4, 0.5) is 5.82 Å². The number of nitrogens with zero attached hydrogens (tertiary/aromatic N) is 5. The van der Waals surface area contributed by atoms with Crippen LogP contribution in [-0.4, -0.2) is 58.5 Å². The number of carbonyl (C=O) groups excluding carboxylic acids is 2. The fraction of sp³-hybridized carbons (Fsp3) is 0.476. The molecule has 0 radical (unpaired) electrons. The molecule has 1 saturated heterocycles. The van der Waals surface area contributed by atoms with Crippen LogP contribution in [0, 0.1) is 6.92 Å². The highest BCUT2D eigenvalue weighted by Crippen LogP contribution is 2.40. The van der Waals surface area contributed by atoms with E-state index in [-0.39, 0.29) is 11.8 Å². The summed E-state index contributed by atoms with van der Waals surface area (Å²) in [6.07, 6.45) is 5.20. The van der Waals surface area contributed by atoms with Gasteiger partial charge in [0.15, 0.2) is 5.82 Å². The van der Waals surface area contributed by atoms with Crippen molar-refractivity contribution in [3.63, 3.8) is 0 Å². The van der Waals surface area contributed by atoms with Crippen LogP contribution >= 0.6 is 0 Å². The SMILES string of the molecule is COCCN1C(=O)Cc2c(C)nc([C@@]3(C)CCCN3C(=O)c3ccncc3)nc21. The van der Waals surface area contributed by atoms with Gasteiger partial charge in [-0.1, -0.05) is 0 Å². The van der Waals surface area contributed by atoms with Crippen LogP contribution in [0.5, 0.6) is 0 Å². The lowest BCUT2D eigenvalue weighted by molar-refractivity contribution is -0.117. The molecule has 2 amide bonds. The number of ether oxygens (including phenoxy) is 1. The van der Waals surface area contributed by atoms with E-state index >= 15 is 0 Å². The highest BCUT2D eigenvalue weighted by atomic mass is 16.5. The second-order valence-electron chi connectivity index (χ2n) is 7.72. The fourth-order valence-electron chi connectivity index (χ4n) is 4.20. The molecule has 8 nitrogen and oxygen atoms in total. The smallest absolute Gasteiger partial charge is 0.254 e. The third-order valence-corrected chi connectivity index (χ3v) is 5.89. The summed E-state index contributed by atoms with van der Waals surface area (Å²) in [6.45, 7) is 5.45. The molecule has 2 aliphatic heterocycles. The Morgan fingerprint density at radius 3 is 2.76 bits per heavy atom. The second kappa shape index (κ2) is 7.51. The van der Waals surface area contributed by atoms with Crippen LogP contribution in [-0.2, 0) is 21.5 Å². The van der Waals surface area contributed by atoms with Gasteiger partial charge in [-0.15, -0.1) is 0 Å². The Labute approximate surface area is 169 Å². The van der Waals surface area contributed by atoms with Crippen molar-refractivity contribution in [3.05, 3.63) is 47.2 Å². The number of carbonyl (C=O) groups is 2. The van der Waals surface area contributed by atoms with E-state index in [1.165, 1.54) is 0 Å². The first-order chi connectivity index (χ1) is 14.0. The molecule has 1 fully saturated rings. The first-order valence-corrected chi connectivity index (χ1v) is 9.85. The number of hydrogen-bond donors (Lipinski definition) is 0. The zero-order chi connectivity index (χ0) is 20.6. The summed E-state index contributed by atoms with van der Waals surface area (Å²) in [4.78, 5) is 42.7. The molecule has 0 aliphatic carbocycles. The van der Waals surface area contributed by atoms with Gasteiger partial charge >= 0.3 is 0 Å². The van der Waals surface area contributed by atoms with Crippen molar-refractivity contribution >= 4 is 17.6 Å². The maximum Gasteiger partial charge on any atom is 0.254 e. The van der Waals surface area contributed by atoms with Gasteiger partial charge in [0.05, 0.1) is 19.6 Å². The molecule has 8 heteroatoms. The van der Waals surface area contributed by atoms with Crippen LogP contribution in [0.1, 0.15) is 47.2 Å². The van der Waals surface area contributed by atoms with Crippen molar-refractivity contribution in [1.82, 2.24) is 19.9 Å². The lowest BCUT2D eigenvalue weighted by Gasteiger charge is -2.34. The van der Waals surface area contributed by atoms with Gasteiger partial charge in [0.2, 0.25) is 5.91 Å². The van der Waals surface area contributed by atoms with Crippen molar-refractivity contribution in [3.8, 4) is 0 Å². The number of aromatic nitrogens is 3. The van der Waals surface area contributed by atoms with E-state index in [1.807, 2.05) is 18.7 Å². The number of amides is 2. The van der Waals surface area contributed by atoms with E-state index in [1.54, 1.807) is 36.5 Å². The molecule has 0 saturated carbocycles. The van der Waals surface area contributed by atoms with E-state index in [2.05, 4.69) is 4.98 Å². The average molecular weight is 395 g/mol. The summed E-state index contributed by atoms with van der Waals surface area (Å²) in [6, 6.07) is 3.45. The third kappa shape index (κ3) is 3.27. The Morgan fingerprint density at radius 2 is 2.03 bits per heavy atom. The molecule has 4 heterocycles. The Bertz CT molecular complexity index is 949. The summed E-state index contributed by atoms with van der Waals surface area (Å²) in [5.74, 6) is 1.19. The van der Waals surface area contributed by atoms with Crippen molar-refractivity contribution in [2.45, 2.75) is 38.6 Å². The summed E-state index contributed by atoms with van der Waals surface area (Å²) in [5, 5.41) is 0. The molecule has 0 bridgehead atoms. The van der Waals surface area contributed by atoms with Gasteiger partial charge in [-0.25, -0.2) is 9.97 Å². The quantitative estimate of drug-likeness (QED) is 0.768. The standard InChI is InChI=1S/C21H25N5O3/c1-14-16-13-17(27)25(11-12-29-3)18(16)24-20(23-14)21(2)7-4-10-26(21)19(28)15-5-8-22-9-6-15/h5-6,8-9H,4,7,10-13H2,1-3H3/t21-/m1/s1. The molecule has 0 spiro atoms. The first-order valence-electron chi connectivity index (χ1n) is 9.85. The number of methoxy groups -OCH3 is 1. The van der Waals surface area contributed by atoms with Gasteiger partial charge in [0.1, 0.15) is 11.4 Å². The van der Waals surface area contributed by atoms with Gasteiger partial charge in [0.25, 0.3) is 5.91 Å². The Balaban J connectivity index is 1.72. The van der Waals surface area contributed by atoms with Crippen LogP contribution < -0.4 is 4.90 Å². The first kappa shape index (κ1) is 19.4. The van der Waals surface area contributed by atoms with Gasteiger partial charge in [-0.2, -0.15) is 0 Å². The average Bonchev–Trinajstić information content (AvgIpc) is 3.27. The zero-order valence-electron chi connectivity index (χ0n) is 17.0. The van der Waals surface area contributed by atoms with Gasteiger partial charge < -0.3 is 9.64 Å². The molecule has 2 aromatic rings. The van der Waals surface area contributed by atoms with Gasteiger partial charge in [0, 0.05) is 42.9 Å². The largest absolute Gasteiger partial charge is 0.383 e. The highest BCUT2D eigenvalue weighted by molar-refractivity contribution is 6.00. The molecule has 2 aliphatic rings. The van der Waals surface area contributed by atoms with Crippen molar-refractivity contribution in [2.24, 2.45) is 0 Å². The maximum absolute atomic E-state index is 13.2. The predicted octanol–water partition coefficient (Wildman–Crippen LogP) is 1.87. The van der Waals surface area contributed by atoms with Crippen LogP contribution in [0.3, 0.4) is 0 Å². The minimum Gasteiger partial charge on any atom is -0.383 e. The zero-order valence-corrected chi connectivity index (χ0v) is 17.0. The summed E-state index contributed by atoms with van der Waals surface area (Å²) >= 11 is 0. The van der Waals surface area contributed by atoms with E-state index < -0.39 is 5.54 Å². The van der Waals surface area contributed by atoms with Crippen LogP contribution in [0.25, 0.3) is 0 Å². The molecular formula is C21H25N5O3. The number of anilines is 1. The molecule has 4 rings (SSSR count). The van der Waals surface area contributed by atoms with Crippen molar-refractivity contribution < 1.29 is 14.3 Å².